The molecule has 9 nitrogen and oxygen atoms in total. The molecule has 0 fully saturated rings. The van der Waals surface area contributed by atoms with Crippen LogP contribution in [0.15, 0.2) is 53.1 Å². The van der Waals surface area contributed by atoms with Gasteiger partial charge in [-0.25, -0.2) is 8.42 Å². The van der Waals surface area contributed by atoms with Gasteiger partial charge in [0, 0.05) is 12.6 Å². The maximum Gasteiger partial charge on any atom is 0.261 e. The molecule has 0 bridgehead atoms. The molecule has 3 rings (SSSR count). The van der Waals surface area contributed by atoms with Crippen LogP contribution in [0.1, 0.15) is 45.6 Å². The lowest BCUT2D eigenvalue weighted by Gasteiger charge is -2.19. The number of carbonyl (C=O) groups excluding carboxylic acids is 1. The van der Waals surface area contributed by atoms with Gasteiger partial charge in [0.1, 0.15) is 5.75 Å². The molecule has 2 aromatic carbocycles. The summed E-state index contributed by atoms with van der Waals surface area (Å²) in [6, 6.07) is 14.5. The number of ether oxygens (including phenoxy) is 1. The predicted molar refractivity (Wildman–Crippen MR) is 135 cm³/mol. The molecule has 1 unspecified atom stereocenters. The van der Waals surface area contributed by atoms with Crippen LogP contribution in [0.2, 0.25) is 0 Å². The van der Waals surface area contributed by atoms with Crippen LogP contribution in [-0.2, 0) is 26.8 Å². The predicted octanol–water partition coefficient (Wildman–Crippen LogP) is 3.90. The van der Waals surface area contributed by atoms with Crippen LogP contribution in [0.4, 0.5) is 5.69 Å². The summed E-state index contributed by atoms with van der Waals surface area (Å²) in [5.41, 5.74) is 2.59. The molecule has 0 saturated carbocycles. The number of carbonyl (C=O) groups is 1. The lowest BCUT2D eigenvalue weighted by molar-refractivity contribution is -0.128. The second kappa shape index (κ2) is 10.5. The Morgan fingerprint density at radius 3 is 2.29 bits per heavy atom. The van der Waals surface area contributed by atoms with E-state index in [0.29, 0.717) is 23.7 Å². The van der Waals surface area contributed by atoms with Gasteiger partial charge in [0.25, 0.3) is 5.91 Å². The third kappa shape index (κ3) is 6.82. The maximum absolute atomic E-state index is 12.7. The van der Waals surface area contributed by atoms with E-state index in [1.807, 2.05) is 31.2 Å². The summed E-state index contributed by atoms with van der Waals surface area (Å²) in [7, 11) is -1.89. The first-order chi connectivity index (χ1) is 16.4. The number of hydrogen-bond donors (Lipinski definition) is 1. The van der Waals surface area contributed by atoms with Crippen molar-refractivity contribution in [1.29, 1.82) is 0 Å². The molecular weight excluding hydrogens is 468 g/mol. The molecule has 1 aromatic heterocycles. The Bertz CT molecular complexity index is 1250. The summed E-state index contributed by atoms with van der Waals surface area (Å²) < 4.78 is 35.6. The lowest BCUT2D eigenvalue weighted by Crippen LogP contribution is -2.37. The monoisotopic (exact) mass is 500 g/mol. The van der Waals surface area contributed by atoms with Crippen molar-refractivity contribution < 1.29 is 22.5 Å². The van der Waals surface area contributed by atoms with Crippen LogP contribution in [0.3, 0.4) is 0 Å². The van der Waals surface area contributed by atoms with Crippen molar-refractivity contribution in [2.45, 2.75) is 52.2 Å². The maximum atomic E-state index is 12.7. The zero-order chi connectivity index (χ0) is 25.8. The van der Waals surface area contributed by atoms with Crippen molar-refractivity contribution >= 4 is 21.6 Å². The van der Waals surface area contributed by atoms with E-state index in [1.165, 1.54) is 16.9 Å². The van der Waals surface area contributed by atoms with Crippen LogP contribution in [-0.4, -0.2) is 43.9 Å². The van der Waals surface area contributed by atoms with Gasteiger partial charge in [-0.05, 0) is 41.7 Å². The quantitative estimate of drug-likeness (QED) is 0.474. The van der Waals surface area contributed by atoms with E-state index in [0.717, 1.165) is 11.8 Å². The standard InChI is InChI=1S/C25H32N4O5S/c1-7-21(33-20-14-12-19(13-15-20)29(5)35(6,31)32)24(30)26-16-22-27-23(28-34-22)17-8-10-18(11-9-17)25(2,3)4/h8-15,21H,7,16H2,1-6H3,(H,26,30). The summed E-state index contributed by atoms with van der Waals surface area (Å²) in [6.07, 6.45) is 0.830. The molecule has 1 N–H and O–H groups in total. The van der Waals surface area contributed by atoms with Crippen LogP contribution in [0, 0.1) is 0 Å². The highest BCUT2D eigenvalue weighted by Crippen LogP contribution is 2.25. The van der Waals surface area contributed by atoms with E-state index in [2.05, 4.69) is 36.2 Å². The highest BCUT2D eigenvalue weighted by Gasteiger charge is 2.20. The van der Waals surface area contributed by atoms with Gasteiger partial charge >= 0.3 is 0 Å². The molecule has 1 heterocycles. The Labute approximate surface area is 206 Å². The molecular formula is C25H32N4O5S. The van der Waals surface area contributed by atoms with Crippen LogP contribution in [0.25, 0.3) is 11.4 Å². The fourth-order valence-corrected chi connectivity index (χ4v) is 3.76. The van der Waals surface area contributed by atoms with Gasteiger partial charge in [-0.3, -0.25) is 9.10 Å². The highest BCUT2D eigenvalue weighted by molar-refractivity contribution is 7.92. The number of benzene rings is 2. The van der Waals surface area contributed by atoms with E-state index in [9.17, 15) is 13.2 Å². The Balaban J connectivity index is 1.58. The number of hydrogen-bond acceptors (Lipinski definition) is 7. The normalized spacial score (nSPS) is 12.7. The van der Waals surface area contributed by atoms with Gasteiger partial charge in [0.15, 0.2) is 6.10 Å². The first-order valence-corrected chi connectivity index (χ1v) is 13.1. The molecule has 1 atom stereocenters. The van der Waals surface area contributed by atoms with E-state index in [4.69, 9.17) is 9.26 Å². The smallest absolute Gasteiger partial charge is 0.261 e. The first kappa shape index (κ1) is 26.2. The minimum atomic E-state index is -3.36. The van der Waals surface area contributed by atoms with Gasteiger partial charge in [-0.15, -0.1) is 0 Å². The topological polar surface area (TPSA) is 115 Å². The van der Waals surface area contributed by atoms with Gasteiger partial charge in [0.2, 0.25) is 21.7 Å². The third-order valence-corrected chi connectivity index (χ3v) is 6.74. The zero-order valence-electron chi connectivity index (χ0n) is 20.9. The second-order valence-corrected chi connectivity index (χ2v) is 11.3. The van der Waals surface area contributed by atoms with Crippen molar-refractivity contribution in [3.8, 4) is 17.1 Å². The highest BCUT2D eigenvalue weighted by atomic mass is 32.2. The molecule has 0 spiro atoms. The van der Waals surface area contributed by atoms with Crippen LogP contribution in [0.5, 0.6) is 5.75 Å². The minimum absolute atomic E-state index is 0.0532. The summed E-state index contributed by atoms with van der Waals surface area (Å²) in [5, 5.41) is 6.78. The average Bonchev–Trinajstić information content (AvgIpc) is 3.29. The Kier molecular flexibility index (Phi) is 7.84. The molecule has 3 aromatic rings. The Morgan fingerprint density at radius 1 is 1.11 bits per heavy atom. The first-order valence-electron chi connectivity index (χ1n) is 11.3. The molecule has 10 heteroatoms. The van der Waals surface area contributed by atoms with E-state index in [-0.39, 0.29) is 23.8 Å². The van der Waals surface area contributed by atoms with Crippen LogP contribution < -0.4 is 14.4 Å². The van der Waals surface area contributed by atoms with Gasteiger partial charge in [-0.2, -0.15) is 4.98 Å². The fourth-order valence-electron chi connectivity index (χ4n) is 3.25. The summed E-state index contributed by atoms with van der Waals surface area (Å²) in [5.74, 6) is 0.879. The summed E-state index contributed by atoms with van der Waals surface area (Å²) >= 11 is 0. The van der Waals surface area contributed by atoms with E-state index < -0.39 is 16.1 Å². The molecule has 0 aliphatic rings. The average molecular weight is 501 g/mol. The Morgan fingerprint density at radius 2 is 1.74 bits per heavy atom. The van der Waals surface area contributed by atoms with Gasteiger partial charge in [-0.1, -0.05) is 57.1 Å². The fraction of sp³-hybridized carbons (Fsp3) is 0.400. The van der Waals surface area contributed by atoms with Crippen molar-refractivity contribution in [3.63, 3.8) is 0 Å². The SMILES string of the molecule is CCC(Oc1ccc(N(C)S(C)(=O)=O)cc1)C(=O)NCc1nc(-c2ccc(C(C)(C)C)cc2)no1. The van der Waals surface area contributed by atoms with Crippen molar-refractivity contribution in [2.24, 2.45) is 0 Å². The second-order valence-electron chi connectivity index (χ2n) is 9.30. The number of aromatic nitrogens is 2. The molecule has 1 amide bonds. The number of nitrogens with one attached hydrogen (secondary N) is 1. The van der Waals surface area contributed by atoms with Gasteiger partial charge < -0.3 is 14.6 Å². The van der Waals surface area contributed by atoms with E-state index >= 15 is 0 Å². The number of amides is 1. The molecule has 0 radical (unpaired) electrons. The molecule has 35 heavy (non-hydrogen) atoms. The number of anilines is 1. The number of nitrogens with zero attached hydrogens (tertiary/aromatic N) is 3. The van der Waals surface area contributed by atoms with Crippen LogP contribution >= 0.6 is 0 Å². The largest absolute Gasteiger partial charge is 0.481 e. The Hall–Kier alpha value is -3.40. The minimum Gasteiger partial charge on any atom is -0.481 e. The number of rotatable bonds is 9. The van der Waals surface area contributed by atoms with Crippen molar-refractivity contribution in [3.05, 3.63) is 60.0 Å². The van der Waals surface area contributed by atoms with Gasteiger partial charge in [0.05, 0.1) is 18.5 Å². The summed E-state index contributed by atoms with van der Waals surface area (Å²) in [4.78, 5) is 17.0. The lowest BCUT2D eigenvalue weighted by atomic mass is 9.87. The van der Waals surface area contributed by atoms with E-state index in [1.54, 1.807) is 24.3 Å². The third-order valence-electron chi connectivity index (χ3n) is 5.53. The number of sulfonamides is 1. The van der Waals surface area contributed by atoms with Crippen molar-refractivity contribution in [1.82, 2.24) is 15.5 Å². The zero-order valence-corrected chi connectivity index (χ0v) is 21.7. The molecule has 0 saturated heterocycles. The summed E-state index contributed by atoms with van der Waals surface area (Å²) in [6.45, 7) is 8.36. The molecule has 0 aliphatic carbocycles. The molecule has 188 valence electrons. The van der Waals surface area contributed by atoms with Crippen molar-refractivity contribution in [2.75, 3.05) is 17.6 Å². The molecule has 0 aliphatic heterocycles.